The van der Waals surface area contributed by atoms with Gasteiger partial charge in [0, 0.05) is 18.0 Å². The number of hydrogen-bond acceptors (Lipinski definition) is 3. The molecule has 0 spiro atoms. The molecule has 4 nitrogen and oxygen atoms in total. The van der Waals surface area contributed by atoms with Crippen LogP contribution in [0.5, 0.6) is 0 Å². The Morgan fingerprint density at radius 1 is 1.26 bits per heavy atom. The van der Waals surface area contributed by atoms with E-state index in [9.17, 15) is 0 Å². The zero-order valence-corrected chi connectivity index (χ0v) is 13.8. The summed E-state index contributed by atoms with van der Waals surface area (Å²) >= 11 is 0. The van der Waals surface area contributed by atoms with Gasteiger partial charge < -0.3 is 10.6 Å². The molecule has 3 N–H and O–H groups in total. The Labute approximate surface area is 119 Å². The van der Waals surface area contributed by atoms with E-state index in [-0.39, 0.29) is 5.41 Å². The fourth-order valence-electron chi connectivity index (χ4n) is 2.35. The molecular weight excluding hydrogens is 236 g/mol. The molecular formula is C15H34N4. The van der Waals surface area contributed by atoms with Crippen molar-refractivity contribution in [1.82, 2.24) is 9.80 Å². The Kier molecular flexibility index (Phi) is 8.26. The summed E-state index contributed by atoms with van der Waals surface area (Å²) in [5.41, 5.74) is 5.46. The van der Waals surface area contributed by atoms with E-state index in [1.165, 1.54) is 6.42 Å². The van der Waals surface area contributed by atoms with Crippen molar-refractivity contribution in [2.75, 3.05) is 33.7 Å². The Morgan fingerprint density at radius 3 is 2.26 bits per heavy atom. The van der Waals surface area contributed by atoms with Crippen molar-refractivity contribution in [2.24, 2.45) is 11.1 Å². The number of nitrogens with two attached hydrogens (primary N) is 1. The second-order valence-corrected chi connectivity index (χ2v) is 6.49. The molecule has 0 heterocycles. The lowest BCUT2D eigenvalue weighted by Gasteiger charge is -2.30. The van der Waals surface area contributed by atoms with Crippen molar-refractivity contribution >= 4 is 5.84 Å². The first kappa shape index (κ1) is 18.4. The summed E-state index contributed by atoms with van der Waals surface area (Å²) in [6.07, 6.45) is 3.32. The molecule has 0 aromatic rings. The minimum atomic E-state index is -0.147. The summed E-state index contributed by atoms with van der Waals surface area (Å²) in [6.45, 7) is 12.0. The van der Waals surface area contributed by atoms with Crippen LogP contribution in [0.15, 0.2) is 0 Å². The highest BCUT2D eigenvalue weighted by Gasteiger charge is 2.21. The molecule has 0 aliphatic carbocycles. The van der Waals surface area contributed by atoms with Gasteiger partial charge in [-0.05, 0) is 47.0 Å². The first-order valence-electron chi connectivity index (χ1n) is 7.44. The van der Waals surface area contributed by atoms with Gasteiger partial charge >= 0.3 is 0 Å². The second-order valence-electron chi connectivity index (χ2n) is 6.49. The fourth-order valence-corrected chi connectivity index (χ4v) is 2.35. The molecule has 0 saturated heterocycles. The van der Waals surface area contributed by atoms with Crippen molar-refractivity contribution in [3.05, 3.63) is 0 Å². The molecule has 1 atom stereocenters. The monoisotopic (exact) mass is 270 g/mol. The molecule has 0 aromatic carbocycles. The third kappa shape index (κ3) is 7.53. The van der Waals surface area contributed by atoms with Gasteiger partial charge in [0.2, 0.25) is 0 Å². The minimum absolute atomic E-state index is 0.147. The molecule has 0 saturated carbocycles. The molecule has 0 bridgehead atoms. The van der Waals surface area contributed by atoms with Gasteiger partial charge in [0.25, 0.3) is 0 Å². The standard InChI is InChI=1S/C15H34N4/c1-7-19(13(2)12-18(5)6)11-9-8-10-15(3,4)14(16)17/h13H,7-12H2,1-6H3,(H3,16,17). The van der Waals surface area contributed by atoms with Crippen LogP contribution < -0.4 is 5.73 Å². The molecule has 0 radical (unpaired) electrons. The van der Waals surface area contributed by atoms with Crippen molar-refractivity contribution in [3.8, 4) is 0 Å². The smallest absolute Gasteiger partial charge is 0.0963 e. The van der Waals surface area contributed by atoms with Gasteiger partial charge in [0.15, 0.2) is 0 Å². The zero-order chi connectivity index (χ0) is 15.1. The highest BCUT2D eigenvalue weighted by molar-refractivity contribution is 5.82. The van der Waals surface area contributed by atoms with Gasteiger partial charge in [0.1, 0.15) is 0 Å². The third-order valence-electron chi connectivity index (χ3n) is 3.89. The Hall–Kier alpha value is -0.610. The average molecular weight is 270 g/mol. The zero-order valence-electron chi connectivity index (χ0n) is 13.8. The highest BCUT2D eigenvalue weighted by atomic mass is 15.2. The molecule has 0 aromatic heterocycles. The van der Waals surface area contributed by atoms with Gasteiger partial charge in [-0.3, -0.25) is 10.3 Å². The summed E-state index contributed by atoms with van der Waals surface area (Å²) in [5.74, 6) is 0.306. The van der Waals surface area contributed by atoms with Crippen LogP contribution in [0.3, 0.4) is 0 Å². The molecule has 0 fully saturated rings. The van der Waals surface area contributed by atoms with Crippen LogP contribution in [0, 0.1) is 10.8 Å². The van der Waals surface area contributed by atoms with E-state index in [1.54, 1.807) is 0 Å². The van der Waals surface area contributed by atoms with E-state index in [4.69, 9.17) is 11.1 Å². The summed E-state index contributed by atoms with van der Waals surface area (Å²) in [5, 5.41) is 7.56. The predicted octanol–water partition coefficient (Wildman–Crippen LogP) is 2.39. The van der Waals surface area contributed by atoms with Crippen LogP contribution in [-0.4, -0.2) is 55.4 Å². The Bertz CT molecular complexity index is 261. The van der Waals surface area contributed by atoms with Crippen molar-refractivity contribution in [2.45, 2.75) is 53.0 Å². The maximum Gasteiger partial charge on any atom is 0.0963 e. The first-order valence-corrected chi connectivity index (χ1v) is 7.44. The largest absolute Gasteiger partial charge is 0.387 e. The molecule has 19 heavy (non-hydrogen) atoms. The fraction of sp³-hybridized carbons (Fsp3) is 0.933. The second kappa shape index (κ2) is 8.54. The van der Waals surface area contributed by atoms with Gasteiger partial charge in [-0.15, -0.1) is 0 Å². The van der Waals surface area contributed by atoms with Crippen LogP contribution >= 0.6 is 0 Å². The maximum atomic E-state index is 7.56. The van der Waals surface area contributed by atoms with E-state index in [1.807, 2.05) is 0 Å². The molecule has 0 rings (SSSR count). The predicted molar refractivity (Wildman–Crippen MR) is 84.8 cm³/mol. The van der Waals surface area contributed by atoms with Gasteiger partial charge in [-0.2, -0.15) is 0 Å². The molecule has 1 unspecified atom stereocenters. The van der Waals surface area contributed by atoms with Crippen LogP contribution in [0.4, 0.5) is 0 Å². The van der Waals surface area contributed by atoms with E-state index in [2.05, 4.69) is 51.6 Å². The quantitative estimate of drug-likeness (QED) is 0.364. The van der Waals surface area contributed by atoms with Crippen LogP contribution in [0.25, 0.3) is 0 Å². The van der Waals surface area contributed by atoms with Crippen molar-refractivity contribution in [1.29, 1.82) is 5.41 Å². The summed E-state index contributed by atoms with van der Waals surface area (Å²) in [7, 11) is 4.25. The summed E-state index contributed by atoms with van der Waals surface area (Å²) < 4.78 is 0. The first-order chi connectivity index (χ1) is 8.70. The normalized spacial score (nSPS) is 14.1. The summed E-state index contributed by atoms with van der Waals surface area (Å²) in [6, 6.07) is 0.598. The maximum absolute atomic E-state index is 7.56. The highest BCUT2D eigenvalue weighted by Crippen LogP contribution is 2.22. The van der Waals surface area contributed by atoms with E-state index >= 15 is 0 Å². The lowest BCUT2D eigenvalue weighted by molar-refractivity contribution is 0.177. The number of unbranched alkanes of at least 4 members (excludes halogenated alkanes) is 1. The molecule has 0 aliphatic heterocycles. The van der Waals surface area contributed by atoms with E-state index < -0.39 is 0 Å². The van der Waals surface area contributed by atoms with Crippen LogP contribution in [0.1, 0.15) is 47.0 Å². The average Bonchev–Trinajstić information content (AvgIpc) is 2.27. The Morgan fingerprint density at radius 2 is 1.84 bits per heavy atom. The topological polar surface area (TPSA) is 56.4 Å². The van der Waals surface area contributed by atoms with Gasteiger partial charge in [-0.25, -0.2) is 0 Å². The van der Waals surface area contributed by atoms with Gasteiger partial charge in [-0.1, -0.05) is 27.2 Å². The molecule has 114 valence electrons. The summed E-state index contributed by atoms with van der Waals surface area (Å²) in [4.78, 5) is 4.77. The molecule has 0 aliphatic rings. The third-order valence-corrected chi connectivity index (χ3v) is 3.89. The number of nitrogens with one attached hydrogen (secondary N) is 1. The van der Waals surface area contributed by atoms with Crippen molar-refractivity contribution < 1.29 is 0 Å². The Balaban J connectivity index is 4.00. The van der Waals surface area contributed by atoms with E-state index in [0.717, 1.165) is 32.5 Å². The number of likely N-dealkylation sites (N-methyl/N-ethyl adjacent to an activating group) is 2. The lowest BCUT2D eigenvalue weighted by Crippen LogP contribution is -2.40. The van der Waals surface area contributed by atoms with Crippen LogP contribution in [-0.2, 0) is 0 Å². The minimum Gasteiger partial charge on any atom is -0.387 e. The van der Waals surface area contributed by atoms with Crippen molar-refractivity contribution in [3.63, 3.8) is 0 Å². The lowest BCUT2D eigenvalue weighted by atomic mass is 9.86. The van der Waals surface area contributed by atoms with E-state index in [0.29, 0.717) is 11.9 Å². The number of amidine groups is 1. The van der Waals surface area contributed by atoms with Gasteiger partial charge in [0.05, 0.1) is 5.84 Å². The number of hydrogen-bond donors (Lipinski definition) is 2. The van der Waals surface area contributed by atoms with Crippen LogP contribution in [0.2, 0.25) is 0 Å². The number of rotatable bonds is 10. The molecule has 4 heteroatoms. The SMILES string of the molecule is CCN(CCCCC(C)(C)C(=N)N)C(C)CN(C)C. The molecule has 0 amide bonds. The number of nitrogens with zero attached hydrogens (tertiary/aromatic N) is 2.